The Morgan fingerprint density at radius 2 is 2.00 bits per heavy atom. The summed E-state index contributed by atoms with van der Waals surface area (Å²) in [5.74, 6) is 0. The Morgan fingerprint density at radius 1 is 1.19 bits per heavy atom. The fourth-order valence-corrected chi connectivity index (χ4v) is 2.25. The minimum Gasteiger partial charge on any atom is -0.395 e. The number of hydrogen-bond acceptors (Lipinski definition) is 4. The largest absolute Gasteiger partial charge is 0.395 e. The van der Waals surface area contributed by atoms with E-state index in [0.29, 0.717) is 0 Å². The van der Waals surface area contributed by atoms with E-state index < -0.39 is 0 Å². The minimum absolute atomic E-state index is 0.175. The van der Waals surface area contributed by atoms with Gasteiger partial charge in [0.2, 0.25) is 0 Å². The molecule has 0 amide bonds. The van der Waals surface area contributed by atoms with E-state index in [1.807, 2.05) is 0 Å². The van der Waals surface area contributed by atoms with Crippen molar-refractivity contribution in [3.8, 4) is 0 Å². The molecule has 0 bridgehead atoms. The molecule has 1 saturated heterocycles. The average molecular weight is 230 g/mol. The van der Waals surface area contributed by atoms with E-state index in [9.17, 15) is 5.11 Å². The molecule has 2 unspecified atom stereocenters. The molecule has 0 aromatic carbocycles. The molecule has 0 aromatic heterocycles. The van der Waals surface area contributed by atoms with Gasteiger partial charge in [0.25, 0.3) is 0 Å². The number of aliphatic hydroxyl groups is 2. The van der Waals surface area contributed by atoms with Crippen molar-refractivity contribution in [3.63, 3.8) is 0 Å². The molecule has 0 radical (unpaired) electrons. The second kappa shape index (κ2) is 8.01. The SMILES string of the molecule is CCCCCCN1CC(CO)NCC1CO. The predicted molar refractivity (Wildman–Crippen MR) is 65.5 cm³/mol. The van der Waals surface area contributed by atoms with E-state index in [4.69, 9.17) is 5.11 Å². The van der Waals surface area contributed by atoms with E-state index in [2.05, 4.69) is 17.1 Å². The summed E-state index contributed by atoms with van der Waals surface area (Å²) in [6.45, 7) is 5.29. The van der Waals surface area contributed by atoms with Crippen molar-refractivity contribution in [2.45, 2.75) is 44.7 Å². The minimum atomic E-state index is 0.175. The van der Waals surface area contributed by atoms with Crippen LogP contribution in [0.5, 0.6) is 0 Å². The summed E-state index contributed by atoms with van der Waals surface area (Å²) in [4.78, 5) is 2.31. The Balaban J connectivity index is 2.27. The van der Waals surface area contributed by atoms with Crippen LogP contribution < -0.4 is 5.32 Å². The summed E-state index contributed by atoms with van der Waals surface area (Å²) in [6.07, 6.45) is 5.01. The standard InChI is InChI=1S/C12H26N2O2/c1-2-3-4-5-6-14-8-11(9-15)13-7-12(14)10-16/h11-13,15-16H,2-10H2,1H3. The van der Waals surface area contributed by atoms with Crippen molar-refractivity contribution in [2.75, 3.05) is 32.8 Å². The lowest BCUT2D eigenvalue weighted by molar-refractivity contribution is 0.0632. The topological polar surface area (TPSA) is 55.7 Å². The van der Waals surface area contributed by atoms with Crippen LogP contribution in [0.4, 0.5) is 0 Å². The maximum Gasteiger partial charge on any atom is 0.0599 e. The zero-order chi connectivity index (χ0) is 11.8. The van der Waals surface area contributed by atoms with Crippen LogP contribution in [0.2, 0.25) is 0 Å². The van der Waals surface area contributed by atoms with Gasteiger partial charge in [-0.2, -0.15) is 0 Å². The van der Waals surface area contributed by atoms with Crippen LogP contribution in [-0.4, -0.2) is 60.0 Å². The van der Waals surface area contributed by atoms with Gasteiger partial charge in [-0.15, -0.1) is 0 Å². The molecule has 0 aromatic rings. The number of aliphatic hydroxyl groups excluding tert-OH is 2. The second-order valence-corrected chi connectivity index (χ2v) is 4.68. The van der Waals surface area contributed by atoms with Crippen LogP contribution in [0.25, 0.3) is 0 Å². The normalized spacial score (nSPS) is 27.2. The Kier molecular flexibility index (Phi) is 6.96. The lowest BCUT2D eigenvalue weighted by Gasteiger charge is -2.39. The van der Waals surface area contributed by atoms with Gasteiger partial charge < -0.3 is 15.5 Å². The first-order valence-electron chi connectivity index (χ1n) is 6.51. The molecule has 2 atom stereocenters. The molecule has 1 heterocycles. The second-order valence-electron chi connectivity index (χ2n) is 4.68. The van der Waals surface area contributed by atoms with Gasteiger partial charge in [-0.25, -0.2) is 0 Å². The van der Waals surface area contributed by atoms with Crippen LogP contribution >= 0.6 is 0 Å². The summed E-state index contributed by atoms with van der Waals surface area (Å²) in [6, 6.07) is 0.401. The highest BCUT2D eigenvalue weighted by atomic mass is 16.3. The van der Waals surface area contributed by atoms with Crippen LogP contribution in [-0.2, 0) is 0 Å². The van der Waals surface area contributed by atoms with E-state index in [0.717, 1.165) is 19.6 Å². The van der Waals surface area contributed by atoms with E-state index in [-0.39, 0.29) is 25.3 Å². The molecule has 4 heteroatoms. The summed E-state index contributed by atoms with van der Waals surface area (Å²) in [7, 11) is 0. The summed E-state index contributed by atoms with van der Waals surface area (Å²) in [5, 5.41) is 21.7. The molecule has 96 valence electrons. The number of hydrogen-bond donors (Lipinski definition) is 3. The van der Waals surface area contributed by atoms with Crippen molar-refractivity contribution in [2.24, 2.45) is 0 Å². The van der Waals surface area contributed by atoms with Crippen molar-refractivity contribution >= 4 is 0 Å². The molecule has 4 nitrogen and oxygen atoms in total. The molecular weight excluding hydrogens is 204 g/mol. The molecule has 1 fully saturated rings. The third kappa shape index (κ3) is 4.37. The van der Waals surface area contributed by atoms with Crippen molar-refractivity contribution in [3.05, 3.63) is 0 Å². The number of rotatable bonds is 7. The Hall–Kier alpha value is -0.160. The molecule has 1 rings (SSSR count). The highest BCUT2D eigenvalue weighted by Gasteiger charge is 2.26. The zero-order valence-corrected chi connectivity index (χ0v) is 10.4. The van der Waals surface area contributed by atoms with Crippen LogP contribution in [0, 0.1) is 0 Å². The fraction of sp³-hybridized carbons (Fsp3) is 1.00. The van der Waals surface area contributed by atoms with Gasteiger partial charge >= 0.3 is 0 Å². The van der Waals surface area contributed by atoms with Crippen molar-refractivity contribution in [1.82, 2.24) is 10.2 Å². The smallest absolute Gasteiger partial charge is 0.0599 e. The first kappa shape index (κ1) is 13.9. The molecule has 16 heavy (non-hydrogen) atoms. The lowest BCUT2D eigenvalue weighted by Crippen LogP contribution is -2.58. The number of unbranched alkanes of at least 4 members (excludes halogenated alkanes) is 3. The van der Waals surface area contributed by atoms with Crippen LogP contribution in [0.3, 0.4) is 0 Å². The lowest BCUT2D eigenvalue weighted by atomic mass is 10.1. The number of nitrogens with one attached hydrogen (secondary N) is 1. The van der Waals surface area contributed by atoms with Gasteiger partial charge in [0.15, 0.2) is 0 Å². The highest BCUT2D eigenvalue weighted by Crippen LogP contribution is 2.09. The van der Waals surface area contributed by atoms with E-state index in [1.165, 1.54) is 25.7 Å². The average Bonchev–Trinajstić information content (AvgIpc) is 2.34. The molecule has 0 saturated carbocycles. The van der Waals surface area contributed by atoms with Crippen molar-refractivity contribution in [1.29, 1.82) is 0 Å². The Labute approximate surface area is 98.6 Å². The Morgan fingerprint density at radius 3 is 2.62 bits per heavy atom. The summed E-state index contributed by atoms with van der Waals surface area (Å²) in [5.41, 5.74) is 0. The predicted octanol–water partition coefficient (Wildman–Crippen LogP) is 0.194. The third-order valence-electron chi connectivity index (χ3n) is 3.34. The van der Waals surface area contributed by atoms with Gasteiger partial charge in [0.1, 0.15) is 0 Å². The van der Waals surface area contributed by atoms with Gasteiger partial charge in [0, 0.05) is 25.2 Å². The molecule has 1 aliphatic rings. The summed E-state index contributed by atoms with van der Waals surface area (Å²) < 4.78 is 0. The highest BCUT2D eigenvalue weighted by molar-refractivity contribution is 4.85. The monoisotopic (exact) mass is 230 g/mol. The Bertz CT molecular complexity index is 178. The summed E-state index contributed by atoms with van der Waals surface area (Å²) >= 11 is 0. The van der Waals surface area contributed by atoms with E-state index >= 15 is 0 Å². The fourth-order valence-electron chi connectivity index (χ4n) is 2.25. The molecular formula is C12H26N2O2. The molecule has 0 spiro atoms. The van der Waals surface area contributed by atoms with Gasteiger partial charge in [0.05, 0.1) is 13.2 Å². The zero-order valence-electron chi connectivity index (χ0n) is 10.4. The maximum absolute atomic E-state index is 9.28. The maximum atomic E-state index is 9.28. The van der Waals surface area contributed by atoms with Crippen LogP contribution in [0.1, 0.15) is 32.6 Å². The van der Waals surface area contributed by atoms with Gasteiger partial charge in [-0.3, -0.25) is 4.90 Å². The molecule has 0 aliphatic carbocycles. The third-order valence-corrected chi connectivity index (χ3v) is 3.34. The molecule has 1 aliphatic heterocycles. The van der Waals surface area contributed by atoms with Crippen molar-refractivity contribution < 1.29 is 10.2 Å². The van der Waals surface area contributed by atoms with Gasteiger partial charge in [-0.05, 0) is 13.0 Å². The molecule has 3 N–H and O–H groups in total. The quantitative estimate of drug-likeness (QED) is 0.547. The number of piperazine rings is 1. The first-order valence-corrected chi connectivity index (χ1v) is 6.51. The number of nitrogens with zero attached hydrogens (tertiary/aromatic N) is 1. The van der Waals surface area contributed by atoms with E-state index in [1.54, 1.807) is 0 Å². The van der Waals surface area contributed by atoms with Gasteiger partial charge in [-0.1, -0.05) is 26.2 Å². The first-order chi connectivity index (χ1) is 7.81. The van der Waals surface area contributed by atoms with Crippen LogP contribution in [0.15, 0.2) is 0 Å².